The summed E-state index contributed by atoms with van der Waals surface area (Å²) in [5.74, 6) is -0.202. The number of halogens is 1. The first kappa shape index (κ1) is 24.1. The largest absolute Gasteiger partial charge is 0.492 e. The van der Waals surface area contributed by atoms with Crippen LogP contribution in [0.4, 0.5) is 0 Å². The second-order valence-corrected chi connectivity index (χ2v) is 7.81. The van der Waals surface area contributed by atoms with Gasteiger partial charge in [0.2, 0.25) is 0 Å². The fraction of sp³-hybridized carbons (Fsp3) is 0.231. The number of carbonyl (C=O) groups excluding carboxylic acids is 1. The molecule has 7 heteroatoms. The van der Waals surface area contributed by atoms with Gasteiger partial charge >= 0.3 is 5.97 Å². The lowest BCUT2D eigenvalue weighted by atomic mass is 10.1. The van der Waals surface area contributed by atoms with Crippen molar-refractivity contribution in [2.75, 3.05) is 19.8 Å². The van der Waals surface area contributed by atoms with Crippen molar-refractivity contribution in [2.24, 2.45) is 0 Å². The fourth-order valence-electron chi connectivity index (χ4n) is 3.26. The van der Waals surface area contributed by atoms with Crippen LogP contribution in [0.2, 0.25) is 5.02 Å². The normalized spacial score (nSPS) is 10.5. The second kappa shape index (κ2) is 11.9. The molecular weight excluding hydrogens is 442 g/mol. The fourth-order valence-corrected chi connectivity index (χ4v) is 3.39. The van der Waals surface area contributed by atoms with Gasteiger partial charge in [0.05, 0.1) is 6.61 Å². The van der Waals surface area contributed by atoms with Crippen LogP contribution in [0.1, 0.15) is 28.4 Å². The minimum atomic E-state index is -1.03. The van der Waals surface area contributed by atoms with Crippen molar-refractivity contribution in [3.8, 4) is 11.5 Å². The lowest BCUT2D eigenvalue weighted by Gasteiger charge is -2.21. The molecule has 172 valence electrons. The number of para-hydroxylation sites is 1. The summed E-state index contributed by atoms with van der Waals surface area (Å²) >= 11 is 5.93. The summed E-state index contributed by atoms with van der Waals surface area (Å²) in [5.41, 5.74) is 2.09. The van der Waals surface area contributed by atoms with Crippen LogP contribution in [0, 0.1) is 0 Å². The molecule has 1 N–H and O–H groups in total. The zero-order valence-electron chi connectivity index (χ0n) is 18.4. The van der Waals surface area contributed by atoms with Crippen molar-refractivity contribution >= 4 is 23.5 Å². The van der Waals surface area contributed by atoms with E-state index in [1.165, 1.54) is 6.07 Å². The first-order chi connectivity index (χ1) is 16.0. The highest BCUT2D eigenvalue weighted by atomic mass is 35.5. The third-order valence-electron chi connectivity index (χ3n) is 5.05. The van der Waals surface area contributed by atoms with Gasteiger partial charge in [-0.25, -0.2) is 4.79 Å². The molecule has 0 saturated carbocycles. The van der Waals surface area contributed by atoms with Gasteiger partial charge in [0.15, 0.2) is 6.61 Å². The Labute approximate surface area is 198 Å². The zero-order chi connectivity index (χ0) is 23.6. The van der Waals surface area contributed by atoms with E-state index in [-0.39, 0.29) is 18.1 Å². The van der Waals surface area contributed by atoms with Crippen LogP contribution in [0.3, 0.4) is 0 Å². The van der Waals surface area contributed by atoms with Gasteiger partial charge < -0.3 is 19.5 Å². The highest BCUT2D eigenvalue weighted by molar-refractivity contribution is 6.30. The molecule has 0 atom stereocenters. The quantitative estimate of drug-likeness (QED) is 0.425. The van der Waals surface area contributed by atoms with Crippen molar-refractivity contribution in [3.63, 3.8) is 0 Å². The molecule has 0 unspecified atom stereocenters. The summed E-state index contributed by atoms with van der Waals surface area (Å²) in [6, 6.07) is 21.4. The number of amides is 1. The van der Waals surface area contributed by atoms with E-state index in [0.717, 1.165) is 11.1 Å². The van der Waals surface area contributed by atoms with Gasteiger partial charge in [-0.2, -0.15) is 0 Å². The van der Waals surface area contributed by atoms with Gasteiger partial charge in [-0.1, -0.05) is 48.0 Å². The molecular formula is C26H26ClNO5. The Bertz CT molecular complexity index is 1080. The molecule has 33 heavy (non-hydrogen) atoms. The van der Waals surface area contributed by atoms with Crippen LogP contribution >= 0.6 is 11.6 Å². The van der Waals surface area contributed by atoms with Crippen LogP contribution in [-0.2, 0) is 17.8 Å². The van der Waals surface area contributed by atoms with E-state index in [1.807, 2.05) is 37.3 Å². The Morgan fingerprint density at radius 2 is 1.70 bits per heavy atom. The molecule has 0 spiro atoms. The first-order valence-electron chi connectivity index (χ1n) is 10.7. The molecule has 0 fully saturated rings. The lowest BCUT2D eigenvalue weighted by molar-refractivity contribution is -0.133. The van der Waals surface area contributed by atoms with Gasteiger partial charge in [0.1, 0.15) is 17.1 Å². The topological polar surface area (TPSA) is 76.1 Å². The molecule has 0 aliphatic carbocycles. The van der Waals surface area contributed by atoms with E-state index >= 15 is 0 Å². The summed E-state index contributed by atoms with van der Waals surface area (Å²) in [6.45, 7) is 3.24. The molecule has 3 aromatic rings. The van der Waals surface area contributed by atoms with Gasteiger partial charge in [-0.05, 0) is 54.4 Å². The van der Waals surface area contributed by atoms with E-state index in [9.17, 15) is 14.7 Å². The Morgan fingerprint density at radius 1 is 0.939 bits per heavy atom. The summed E-state index contributed by atoms with van der Waals surface area (Å²) in [4.78, 5) is 25.6. The SMILES string of the molecule is CCN(Cc1ccc(Cl)cc1)C(=O)COc1cccc(CCOc2ccccc2C(=O)O)c1. The predicted molar refractivity (Wildman–Crippen MR) is 127 cm³/mol. The van der Waals surface area contributed by atoms with Gasteiger partial charge in [-0.3, -0.25) is 4.79 Å². The molecule has 0 aliphatic rings. The van der Waals surface area contributed by atoms with E-state index in [0.29, 0.717) is 42.6 Å². The summed E-state index contributed by atoms with van der Waals surface area (Å²) in [5, 5.41) is 9.90. The minimum Gasteiger partial charge on any atom is -0.492 e. The number of hydrogen-bond acceptors (Lipinski definition) is 4. The average molecular weight is 468 g/mol. The van der Waals surface area contributed by atoms with Crippen molar-refractivity contribution in [1.82, 2.24) is 4.90 Å². The maximum absolute atomic E-state index is 12.6. The number of rotatable bonds is 11. The molecule has 3 aromatic carbocycles. The van der Waals surface area contributed by atoms with Crippen LogP contribution in [-0.4, -0.2) is 41.6 Å². The Balaban J connectivity index is 1.51. The monoisotopic (exact) mass is 467 g/mol. The third-order valence-corrected chi connectivity index (χ3v) is 5.30. The molecule has 0 saturated heterocycles. The van der Waals surface area contributed by atoms with Crippen molar-refractivity contribution in [1.29, 1.82) is 0 Å². The number of carbonyl (C=O) groups is 2. The molecule has 0 bridgehead atoms. The number of carboxylic acid groups (broad SMARTS) is 1. The zero-order valence-corrected chi connectivity index (χ0v) is 19.1. The minimum absolute atomic E-state index is 0.0621. The molecule has 0 heterocycles. The summed E-state index contributed by atoms with van der Waals surface area (Å²) < 4.78 is 11.4. The maximum atomic E-state index is 12.6. The maximum Gasteiger partial charge on any atom is 0.339 e. The highest BCUT2D eigenvalue weighted by Gasteiger charge is 2.14. The number of aromatic carboxylic acids is 1. The molecule has 0 aliphatic heterocycles. The van der Waals surface area contributed by atoms with E-state index in [4.69, 9.17) is 21.1 Å². The lowest BCUT2D eigenvalue weighted by Crippen LogP contribution is -2.34. The molecule has 3 rings (SSSR count). The van der Waals surface area contributed by atoms with Gasteiger partial charge in [-0.15, -0.1) is 0 Å². The third kappa shape index (κ3) is 7.26. The summed E-state index contributed by atoms with van der Waals surface area (Å²) in [6.07, 6.45) is 0.566. The molecule has 6 nitrogen and oxygen atoms in total. The number of nitrogens with zero attached hydrogens (tertiary/aromatic N) is 1. The average Bonchev–Trinajstić information content (AvgIpc) is 2.82. The Hall–Kier alpha value is -3.51. The van der Waals surface area contributed by atoms with Crippen molar-refractivity contribution in [2.45, 2.75) is 19.9 Å². The van der Waals surface area contributed by atoms with E-state index in [2.05, 4.69) is 0 Å². The Kier molecular flexibility index (Phi) is 8.72. The second-order valence-electron chi connectivity index (χ2n) is 7.37. The standard InChI is InChI=1S/C26H26ClNO5/c1-2-28(17-20-10-12-21(27)13-11-20)25(29)18-33-22-7-5-6-19(16-22)14-15-32-24-9-4-3-8-23(24)26(30)31/h3-13,16H,2,14-15,17-18H2,1H3,(H,30,31). The van der Waals surface area contributed by atoms with Crippen LogP contribution < -0.4 is 9.47 Å². The van der Waals surface area contributed by atoms with Crippen LogP contribution in [0.5, 0.6) is 11.5 Å². The predicted octanol–water partition coefficient (Wildman–Crippen LogP) is 5.09. The van der Waals surface area contributed by atoms with E-state index < -0.39 is 5.97 Å². The van der Waals surface area contributed by atoms with Crippen molar-refractivity contribution in [3.05, 3.63) is 94.5 Å². The molecule has 0 radical (unpaired) electrons. The first-order valence-corrected chi connectivity index (χ1v) is 11.0. The van der Waals surface area contributed by atoms with Crippen molar-refractivity contribution < 1.29 is 24.2 Å². The number of hydrogen-bond donors (Lipinski definition) is 1. The van der Waals surface area contributed by atoms with Crippen LogP contribution in [0.25, 0.3) is 0 Å². The number of carboxylic acids is 1. The smallest absolute Gasteiger partial charge is 0.339 e. The number of likely N-dealkylation sites (N-methyl/N-ethyl adjacent to an activating group) is 1. The number of benzene rings is 3. The van der Waals surface area contributed by atoms with E-state index in [1.54, 1.807) is 41.3 Å². The van der Waals surface area contributed by atoms with Crippen LogP contribution in [0.15, 0.2) is 72.8 Å². The molecule has 0 aromatic heterocycles. The highest BCUT2D eigenvalue weighted by Crippen LogP contribution is 2.19. The van der Waals surface area contributed by atoms with Gasteiger partial charge in [0.25, 0.3) is 5.91 Å². The van der Waals surface area contributed by atoms with Gasteiger partial charge in [0, 0.05) is 24.5 Å². The number of ether oxygens (including phenoxy) is 2. The Morgan fingerprint density at radius 3 is 2.42 bits per heavy atom. The molecule has 1 amide bonds. The summed E-state index contributed by atoms with van der Waals surface area (Å²) in [7, 11) is 0.